The van der Waals surface area contributed by atoms with Crippen LogP contribution in [0.2, 0.25) is 0 Å². The van der Waals surface area contributed by atoms with E-state index in [-0.39, 0.29) is 13.1 Å². The van der Waals surface area contributed by atoms with Crippen LogP contribution in [0.3, 0.4) is 0 Å². The van der Waals surface area contributed by atoms with Crippen molar-refractivity contribution in [2.24, 2.45) is 14.1 Å². The molecule has 2 heterocycles. The van der Waals surface area contributed by atoms with E-state index in [0.29, 0.717) is 12.8 Å². The van der Waals surface area contributed by atoms with Crippen molar-refractivity contribution in [2.45, 2.75) is 56.6 Å². The van der Waals surface area contributed by atoms with Crippen LogP contribution in [0.15, 0.2) is 20.7 Å². The highest BCUT2D eigenvalue weighted by atomic mass is 32.2. The molecule has 1 N–H and O–H groups in total. The topological polar surface area (TPSA) is 120 Å². The first-order valence-electron chi connectivity index (χ1n) is 9.10. The number of aromatic nitrogens is 2. The Morgan fingerprint density at radius 1 is 1.25 bits per heavy atom. The van der Waals surface area contributed by atoms with Crippen LogP contribution in [0.5, 0.6) is 0 Å². The van der Waals surface area contributed by atoms with Crippen molar-refractivity contribution in [2.75, 3.05) is 13.1 Å². The van der Waals surface area contributed by atoms with E-state index < -0.39 is 43.9 Å². The van der Waals surface area contributed by atoms with Crippen LogP contribution < -0.4 is 16.6 Å². The molecule has 0 saturated carbocycles. The highest BCUT2D eigenvalue weighted by Gasteiger charge is 2.36. The van der Waals surface area contributed by atoms with Crippen molar-refractivity contribution in [3.8, 4) is 0 Å². The summed E-state index contributed by atoms with van der Waals surface area (Å²) in [4.78, 5) is 35.7. The monoisotopic (exact) mass is 416 g/mol. The number of rotatable bonds is 4. The first-order valence-corrected chi connectivity index (χ1v) is 10.5. The van der Waals surface area contributed by atoms with E-state index in [0.717, 1.165) is 21.8 Å². The molecule has 1 unspecified atom stereocenters. The molecule has 0 aliphatic carbocycles. The van der Waals surface area contributed by atoms with Crippen molar-refractivity contribution in [1.82, 2.24) is 18.8 Å². The highest BCUT2D eigenvalue weighted by molar-refractivity contribution is 7.89. The smallest absolute Gasteiger partial charge is 0.407 e. The molecule has 1 aromatic heterocycles. The lowest BCUT2D eigenvalue weighted by molar-refractivity contribution is 0.0512. The number of alkyl carbamates (subject to hydrolysis) is 1. The van der Waals surface area contributed by atoms with Gasteiger partial charge < -0.3 is 14.6 Å². The lowest BCUT2D eigenvalue weighted by Gasteiger charge is -2.34. The summed E-state index contributed by atoms with van der Waals surface area (Å²) in [7, 11) is -1.51. The fourth-order valence-corrected chi connectivity index (χ4v) is 4.93. The number of piperidine rings is 1. The SMILES string of the molecule is Cn1cc(S(=O)(=O)N2CCCCC2CNC(=O)OC(C)(C)C)c(=O)n(C)c1=O. The van der Waals surface area contributed by atoms with Crippen molar-refractivity contribution in [3.63, 3.8) is 0 Å². The molecule has 158 valence electrons. The van der Waals surface area contributed by atoms with E-state index in [9.17, 15) is 22.8 Å². The number of ether oxygens (including phenoxy) is 1. The molecular weight excluding hydrogens is 388 g/mol. The molecule has 0 bridgehead atoms. The summed E-state index contributed by atoms with van der Waals surface area (Å²) >= 11 is 0. The molecule has 28 heavy (non-hydrogen) atoms. The number of sulfonamides is 1. The summed E-state index contributed by atoms with van der Waals surface area (Å²) < 4.78 is 34.6. The zero-order chi connectivity index (χ0) is 21.3. The minimum Gasteiger partial charge on any atom is -0.444 e. The van der Waals surface area contributed by atoms with Crippen LogP contribution >= 0.6 is 0 Å². The second-order valence-corrected chi connectivity index (χ2v) is 9.76. The number of aryl methyl sites for hydroxylation is 1. The van der Waals surface area contributed by atoms with Gasteiger partial charge in [0.25, 0.3) is 5.56 Å². The Hall–Kier alpha value is -2.14. The van der Waals surface area contributed by atoms with Gasteiger partial charge in [-0.15, -0.1) is 0 Å². The quantitative estimate of drug-likeness (QED) is 0.746. The molecule has 1 fully saturated rings. The lowest BCUT2D eigenvalue weighted by Crippen LogP contribution is -2.51. The van der Waals surface area contributed by atoms with E-state index in [2.05, 4.69) is 5.32 Å². The van der Waals surface area contributed by atoms with Gasteiger partial charge in [0.1, 0.15) is 5.60 Å². The lowest BCUT2D eigenvalue weighted by atomic mass is 10.1. The minimum atomic E-state index is -4.14. The fraction of sp³-hybridized carbons (Fsp3) is 0.706. The first kappa shape index (κ1) is 22.2. The molecule has 1 atom stereocenters. The van der Waals surface area contributed by atoms with Crippen LogP contribution in [-0.4, -0.2) is 52.7 Å². The van der Waals surface area contributed by atoms with Gasteiger partial charge >= 0.3 is 11.8 Å². The van der Waals surface area contributed by atoms with Gasteiger partial charge in [0.15, 0.2) is 4.90 Å². The molecule has 1 aliphatic heterocycles. The van der Waals surface area contributed by atoms with Gasteiger partial charge in [0.05, 0.1) is 0 Å². The Morgan fingerprint density at radius 3 is 2.50 bits per heavy atom. The highest BCUT2D eigenvalue weighted by Crippen LogP contribution is 2.23. The summed E-state index contributed by atoms with van der Waals surface area (Å²) in [5.74, 6) is 0. The van der Waals surface area contributed by atoms with E-state index in [1.54, 1.807) is 20.8 Å². The van der Waals surface area contributed by atoms with Gasteiger partial charge in [-0.1, -0.05) is 6.42 Å². The molecule has 0 spiro atoms. The maximum absolute atomic E-state index is 13.2. The molecular formula is C17H28N4O6S. The number of amides is 1. The van der Waals surface area contributed by atoms with E-state index in [4.69, 9.17) is 4.74 Å². The van der Waals surface area contributed by atoms with Crippen LogP contribution in [0.1, 0.15) is 40.0 Å². The number of nitrogens with one attached hydrogen (secondary N) is 1. The van der Waals surface area contributed by atoms with Gasteiger partial charge in [0, 0.05) is 39.4 Å². The number of hydrogen-bond acceptors (Lipinski definition) is 6. The summed E-state index contributed by atoms with van der Waals surface area (Å²) in [6, 6.07) is -0.506. The molecule has 0 radical (unpaired) electrons. The van der Waals surface area contributed by atoms with Gasteiger partial charge in [-0.05, 0) is 33.6 Å². The normalized spacial score (nSPS) is 18.7. The summed E-state index contributed by atoms with van der Waals surface area (Å²) in [5.41, 5.74) is -2.14. The zero-order valence-corrected chi connectivity index (χ0v) is 17.7. The minimum absolute atomic E-state index is 0.0697. The third kappa shape index (κ3) is 4.82. The van der Waals surface area contributed by atoms with Crippen molar-refractivity contribution in [1.29, 1.82) is 0 Å². The standard InChI is InChI=1S/C17H28N4O6S/c1-17(2,3)27-15(23)18-10-12-8-6-7-9-21(12)28(25,26)13-11-19(4)16(24)20(5)14(13)22/h11-12H,6-10H2,1-5H3,(H,18,23). The Balaban J connectivity index is 2.29. The Morgan fingerprint density at radius 2 is 1.89 bits per heavy atom. The third-order valence-electron chi connectivity index (χ3n) is 4.46. The first-order chi connectivity index (χ1) is 12.8. The molecule has 1 saturated heterocycles. The predicted molar refractivity (Wildman–Crippen MR) is 103 cm³/mol. The number of hydrogen-bond donors (Lipinski definition) is 1. The molecule has 1 aromatic rings. The Labute approximate surface area is 164 Å². The molecule has 0 aromatic carbocycles. The average Bonchev–Trinajstić information content (AvgIpc) is 2.60. The second kappa shape index (κ2) is 8.08. The van der Waals surface area contributed by atoms with E-state index in [1.165, 1.54) is 18.4 Å². The zero-order valence-electron chi connectivity index (χ0n) is 16.9. The van der Waals surface area contributed by atoms with Crippen LogP contribution in [0.25, 0.3) is 0 Å². The molecule has 2 rings (SSSR count). The van der Waals surface area contributed by atoms with Gasteiger partial charge in [-0.3, -0.25) is 9.36 Å². The molecule has 1 aliphatic rings. The maximum Gasteiger partial charge on any atom is 0.407 e. The summed E-state index contributed by atoms with van der Waals surface area (Å²) in [6.45, 7) is 5.51. The predicted octanol–water partition coefficient (Wildman–Crippen LogP) is 0.152. The fourth-order valence-electron chi connectivity index (χ4n) is 3.09. The van der Waals surface area contributed by atoms with Crippen LogP contribution in [0, 0.1) is 0 Å². The number of nitrogens with zero attached hydrogens (tertiary/aromatic N) is 3. The second-order valence-electron chi connectivity index (χ2n) is 7.90. The van der Waals surface area contributed by atoms with E-state index in [1.807, 2.05) is 0 Å². The molecule has 1 amide bonds. The van der Waals surface area contributed by atoms with Gasteiger partial charge in [0.2, 0.25) is 10.0 Å². The molecule has 11 heteroatoms. The van der Waals surface area contributed by atoms with Gasteiger partial charge in [-0.2, -0.15) is 4.31 Å². The van der Waals surface area contributed by atoms with Crippen molar-refractivity contribution in [3.05, 3.63) is 27.0 Å². The number of carbonyl (C=O) groups excluding carboxylic acids is 1. The van der Waals surface area contributed by atoms with Gasteiger partial charge in [-0.25, -0.2) is 18.0 Å². The third-order valence-corrected chi connectivity index (χ3v) is 6.39. The average molecular weight is 417 g/mol. The maximum atomic E-state index is 13.2. The summed E-state index contributed by atoms with van der Waals surface area (Å²) in [5, 5.41) is 2.60. The van der Waals surface area contributed by atoms with Crippen molar-refractivity contribution >= 4 is 16.1 Å². The van der Waals surface area contributed by atoms with E-state index >= 15 is 0 Å². The Kier molecular flexibility index (Phi) is 6.39. The number of carbonyl (C=O) groups is 1. The molecule has 10 nitrogen and oxygen atoms in total. The largest absolute Gasteiger partial charge is 0.444 e. The Bertz CT molecular complexity index is 957. The van der Waals surface area contributed by atoms with Crippen molar-refractivity contribution < 1.29 is 17.9 Å². The summed E-state index contributed by atoms with van der Waals surface area (Å²) in [6.07, 6.45) is 2.41. The van der Waals surface area contributed by atoms with Crippen LogP contribution in [0.4, 0.5) is 4.79 Å². The van der Waals surface area contributed by atoms with Crippen LogP contribution in [-0.2, 0) is 28.9 Å².